The molecule has 3 aromatic rings. The van der Waals surface area contributed by atoms with Crippen molar-refractivity contribution in [2.24, 2.45) is 0 Å². The van der Waals surface area contributed by atoms with Crippen LogP contribution in [-0.2, 0) is 0 Å². The molecule has 0 N–H and O–H groups in total. The normalized spacial score (nSPS) is 16.3. The van der Waals surface area contributed by atoms with Crippen LogP contribution in [0.5, 0.6) is 0 Å². The minimum atomic E-state index is 0.0212. The van der Waals surface area contributed by atoms with E-state index in [1.54, 1.807) is 11.3 Å². The molecule has 1 aliphatic rings. The number of nitrogens with zero attached hydrogens (tertiary/aromatic N) is 4. The molecule has 0 radical (unpaired) electrons. The zero-order valence-corrected chi connectivity index (χ0v) is 17.2. The topological polar surface area (TPSA) is 62.5 Å². The quantitative estimate of drug-likeness (QED) is 0.669. The summed E-state index contributed by atoms with van der Waals surface area (Å²) in [5.41, 5.74) is 2.15. The van der Waals surface area contributed by atoms with E-state index in [2.05, 4.69) is 28.9 Å². The highest BCUT2D eigenvalue weighted by molar-refractivity contribution is 7.13. The summed E-state index contributed by atoms with van der Waals surface area (Å²) in [6.07, 6.45) is 0. The highest BCUT2D eigenvalue weighted by atomic mass is 32.1. The summed E-state index contributed by atoms with van der Waals surface area (Å²) in [6, 6.07) is 12.0. The zero-order valence-electron chi connectivity index (χ0n) is 16.4. The van der Waals surface area contributed by atoms with Crippen LogP contribution in [0.4, 0.5) is 0 Å². The number of hydrogen-bond donors (Lipinski definition) is 0. The van der Waals surface area contributed by atoms with Crippen molar-refractivity contribution in [1.82, 2.24) is 19.9 Å². The fourth-order valence-corrected chi connectivity index (χ4v) is 4.23. The van der Waals surface area contributed by atoms with Crippen LogP contribution in [0.2, 0.25) is 0 Å². The number of aromatic nitrogens is 2. The lowest BCUT2D eigenvalue weighted by molar-refractivity contribution is 0.0556. The average Bonchev–Trinajstić information content (AvgIpc) is 3.37. The molecule has 1 aliphatic heterocycles. The van der Waals surface area contributed by atoms with Gasteiger partial charge in [0.2, 0.25) is 11.7 Å². The number of rotatable bonds is 4. The fourth-order valence-electron chi connectivity index (χ4n) is 3.40. The molecular weight excluding hydrogens is 372 g/mol. The molecule has 6 nitrogen and oxygen atoms in total. The molecule has 2 aromatic heterocycles. The third-order valence-electron chi connectivity index (χ3n) is 5.21. The van der Waals surface area contributed by atoms with Gasteiger partial charge in [-0.05, 0) is 32.9 Å². The summed E-state index contributed by atoms with van der Waals surface area (Å²) in [4.78, 5) is 23.4. The Balaban J connectivity index is 1.38. The molecule has 0 spiro atoms. The Kier molecular flexibility index (Phi) is 5.28. The van der Waals surface area contributed by atoms with Crippen molar-refractivity contribution in [2.45, 2.75) is 26.8 Å². The van der Waals surface area contributed by atoms with Crippen molar-refractivity contribution in [2.75, 3.05) is 26.2 Å². The molecule has 146 valence electrons. The van der Waals surface area contributed by atoms with Crippen LogP contribution < -0.4 is 0 Å². The van der Waals surface area contributed by atoms with Crippen LogP contribution >= 0.6 is 11.3 Å². The lowest BCUT2D eigenvalue weighted by atomic mass is 10.1. The first-order chi connectivity index (χ1) is 13.5. The van der Waals surface area contributed by atoms with Crippen molar-refractivity contribution in [1.29, 1.82) is 0 Å². The maximum absolute atomic E-state index is 12.6. The largest absolute Gasteiger partial charge is 0.337 e. The molecule has 3 heterocycles. The number of piperazine rings is 1. The number of hydrogen-bond acceptors (Lipinski definition) is 6. The van der Waals surface area contributed by atoms with Crippen molar-refractivity contribution in [3.8, 4) is 11.4 Å². The second kappa shape index (κ2) is 7.85. The van der Waals surface area contributed by atoms with Gasteiger partial charge in [0.15, 0.2) is 0 Å². The van der Waals surface area contributed by atoms with E-state index in [1.807, 2.05) is 48.2 Å². The number of carbonyl (C=O) groups excluding carboxylic acids is 1. The van der Waals surface area contributed by atoms with Gasteiger partial charge in [-0.15, -0.1) is 11.3 Å². The predicted octanol–water partition coefficient (Wildman–Crippen LogP) is 3.93. The van der Waals surface area contributed by atoms with Gasteiger partial charge in [-0.3, -0.25) is 9.69 Å². The molecule has 0 bridgehead atoms. The summed E-state index contributed by atoms with van der Waals surface area (Å²) in [5, 5.41) is 4.14. The summed E-state index contributed by atoms with van der Waals surface area (Å²) in [6.45, 7) is 9.15. The van der Waals surface area contributed by atoms with Gasteiger partial charge in [0.05, 0.1) is 10.9 Å². The lowest BCUT2D eigenvalue weighted by Gasteiger charge is -2.36. The molecule has 1 aromatic carbocycles. The Labute approximate surface area is 168 Å². The van der Waals surface area contributed by atoms with Crippen LogP contribution in [-0.4, -0.2) is 52.0 Å². The van der Waals surface area contributed by atoms with Gasteiger partial charge in [0.25, 0.3) is 5.91 Å². The van der Waals surface area contributed by atoms with Crippen LogP contribution in [0.1, 0.15) is 39.0 Å². The molecule has 0 saturated carbocycles. The summed E-state index contributed by atoms with van der Waals surface area (Å²) in [5.74, 6) is 1.36. The maximum Gasteiger partial charge on any atom is 0.264 e. The zero-order chi connectivity index (χ0) is 19.7. The number of amides is 1. The first-order valence-electron chi connectivity index (χ1n) is 9.51. The van der Waals surface area contributed by atoms with Gasteiger partial charge >= 0.3 is 0 Å². The smallest absolute Gasteiger partial charge is 0.264 e. The standard InChI is InChI=1S/C21H24N4O2S/c1-14-4-7-17(8-5-14)19-22-20(27-23-19)16(3)24-10-12-25(13-11-24)21(26)18-9-6-15(2)28-18/h4-9,16H,10-13H2,1-3H3. The van der Waals surface area contributed by atoms with E-state index >= 15 is 0 Å². The van der Waals surface area contributed by atoms with Crippen LogP contribution in [0.15, 0.2) is 40.9 Å². The molecule has 4 rings (SSSR count). The first kappa shape index (κ1) is 18.8. The van der Waals surface area contributed by atoms with Crippen LogP contribution in [0.25, 0.3) is 11.4 Å². The van der Waals surface area contributed by atoms with Crippen molar-refractivity contribution in [3.63, 3.8) is 0 Å². The molecular formula is C21H24N4O2S. The summed E-state index contributed by atoms with van der Waals surface area (Å²) in [7, 11) is 0. The molecule has 28 heavy (non-hydrogen) atoms. The molecule has 1 unspecified atom stereocenters. The first-order valence-corrected chi connectivity index (χ1v) is 10.3. The van der Waals surface area contributed by atoms with Gasteiger partial charge in [-0.1, -0.05) is 35.0 Å². The molecule has 1 amide bonds. The summed E-state index contributed by atoms with van der Waals surface area (Å²) < 4.78 is 5.53. The Morgan fingerprint density at radius 1 is 1.07 bits per heavy atom. The van der Waals surface area contributed by atoms with E-state index < -0.39 is 0 Å². The van der Waals surface area contributed by atoms with Crippen molar-refractivity contribution >= 4 is 17.2 Å². The van der Waals surface area contributed by atoms with Crippen molar-refractivity contribution < 1.29 is 9.32 Å². The number of benzene rings is 1. The number of carbonyl (C=O) groups is 1. The van der Waals surface area contributed by atoms with Crippen LogP contribution in [0, 0.1) is 13.8 Å². The monoisotopic (exact) mass is 396 g/mol. The van der Waals surface area contributed by atoms with E-state index in [-0.39, 0.29) is 11.9 Å². The Morgan fingerprint density at radius 3 is 2.43 bits per heavy atom. The van der Waals surface area contributed by atoms with Crippen molar-refractivity contribution in [3.05, 3.63) is 57.6 Å². The number of thiophene rings is 1. The maximum atomic E-state index is 12.6. The average molecular weight is 397 g/mol. The fraction of sp³-hybridized carbons (Fsp3) is 0.381. The second-order valence-electron chi connectivity index (χ2n) is 7.24. The number of aryl methyl sites for hydroxylation is 2. The third-order valence-corrected chi connectivity index (χ3v) is 6.20. The molecule has 1 fully saturated rings. The van der Waals surface area contributed by atoms with Crippen LogP contribution in [0.3, 0.4) is 0 Å². The third kappa shape index (κ3) is 3.86. The van der Waals surface area contributed by atoms with E-state index in [0.29, 0.717) is 24.8 Å². The van der Waals surface area contributed by atoms with E-state index in [1.165, 1.54) is 5.56 Å². The molecule has 0 aliphatic carbocycles. The van der Waals surface area contributed by atoms with Gasteiger partial charge in [0.1, 0.15) is 0 Å². The minimum absolute atomic E-state index is 0.0212. The second-order valence-corrected chi connectivity index (χ2v) is 8.52. The Hall–Kier alpha value is -2.51. The van der Waals surface area contributed by atoms with E-state index in [4.69, 9.17) is 4.52 Å². The highest BCUT2D eigenvalue weighted by Crippen LogP contribution is 2.25. The van der Waals surface area contributed by atoms with E-state index in [0.717, 1.165) is 28.4 Å². The van der Waals surface area contributed by atoms with Gasteiger partial charge in [-0.25, -0.2) is 0 Å². The van der Waals surface area contributed by atoms with Gasteiger partial charge in [-0.2, -0.15) is 4.98 Å². The predicted molar refractivity (Wildman–Crippen MR) is 109 cm³/mol. The Morgan fingerprint density at radius 2 is 1.79 bits per heavy atom. The molecule has 1 atom stereocenters. The molecule has 7 heteroatoms. The Bertz CT molecular complexity index is 955. The lowest BCUT2D eigenvalue weighted by Crippen LogP contribution is -2.49. The summed E-state index contributed by atoms with van der Waals surface area (Å²) >= 11 is 1.56. The SMILES string of the molecule is Cc1ccc(-c2noc(C(C)N3CCN(C(=O)c4ccc(C)s4)CC3)n2)cc1. The van der Waals surface area contributed by atoms with Gasteiger partial charge in [0, 0.05) is 36.6 Å². The minimum Gasteiger partial charge on any atom is -0.337 e. The van der Waals surface area contributed by atoms with Gasteiger partial charge < -0.3 is 9.42 Å². The molecule has 1 saturated heterocycles. The van der Waals surface area contributed by atoms with E-state index in [9.17, 15) is 4.79 Å². The highest BCUT2D eigenvalue weighted by Gasteiger charge is 2.28.